The smallest absolute Gasteiger partial charge is 0.0348 e. The SMILES string of the molecule is CC(C)(CNCCCl)c1csc2ccccc12. The molecule has 0 spiro atoms. The molecule has 1 nitrogen and oxygen atoms in total. The molecule has 0 aliphatic carbocycles. The maximum Gasteiger partial charge on any atom is 0.0348 e. The maximum absolute atomic E-state index is 5.69. The number of nitrogens with one attached hydrogen (secondary N) is 1. The summed E-state index contributed by atoms with van der Waals surface area (Å²) in [6.45, 7) is 6.39. The Balaban J connectivity index is 2.25. The van der Waals surface area contributed by atoms with Crippen LogP contribution in [0.15, 0.2) is 29.6 Å². The Morgan fingerprint density at radius 2 is 2.06 bits per heavy atom. The lowest BCUT2D eigenvalue weighted by Gasteiger charge is -2.25. The fourth-order valence-corrected chi connectivity index (χ4v) is 3.35. The fourth-order valence-electron chi connectivity index (χ4n) is 2.06. The van der Waals surface area contributed by atoms with Gasteiger partial charge in [-0.1, -0.05) is 32.0 Å². The summed E-state index contributed by atoms with van der Waals surface area (Å²) in [5.74, 6) is 0.667. The van der Waals surface area contributed by atoms with Gasteiger partial charge >= 0.3 is 0 Å². The summed E-state index contributed by atoms with van der Waals surface area (Å²) in [4.78, 5) is 0. The number of rotatable bonds is 5. The second-order valence-electron chi connectivity index (χ2n) is 4.90. The topological polar surface area (TPSA) is 12.0 Å². The van der Waals surface area contributed by atoms with Gasteiger partial charge < -0.3 is 5.32 Å². The highest BCUT2D eigenvalue weighted by molar-refractivity contribution is 7.17. The van der Waals surface area contributed by atoms with Gasteiger partial charge in [-0.05, 0) is 22.4 Å². The number of hydrogen-bond donors (Lipinski definition) is 1. The van der Waals surface area contributed by atoms with Crippen molar-refractivity contribution in [2.24, 2.45) is 0 Å². The van der Waals surface area contributed by atoms with Crippen LogP contribution in [-0.2, 0) is 5.41 Å². The quantitative estimate of drug-likeness (QED) is 0.638. The van der Waals surface area contributed by atoms with Crippen molar-refractivity contribution in [3.8, 4) is 0 Å². The van der Waals surface area contributed by atoms with Crippen LogP contribution in [0.1, 0.15) is 19.4 Å². The molecule has 0 bridgehead atoms. The van der Waals surface area contributed by atoms with Crippen molar-refractivity contribution in [1.29, 1.82) is 0 Å². The lowest BCUT2D eigenvalue weighted by Crippen LogP contribution is -2.33. The molecular weight excluding hydrogens is 250 g/mol. The molecule has 1 heterocycles. The summed E-state index contributed by atoms with van der Waals surface area (Å²) in [7, 11) is 0. The first-order valence-electron chi connectivity index (χ1n) is 5.88. The third-order valence-electron chi connectivity index (χ3n) is 3.05. The van der Waals surface area contributed by atoms with Crippen molar-refractivity contribution in [3.05, 3.63) is 35.2 Å². The highest BCUT2D eigenvalue weighted by Gasteiger charge is 2.23. The van der Waals surface area contributed by atoms with Crippen LogP contribution in [0.4, 0.5) is 0 Å². The average Bonchev–Trinajstić information content (AvgIpc) is 2.73. The van der Waals surface area contributed by atoms with Crippen molar-refractivity contribution < 1.29 is 0 Å². The predicted molar refractivity (Wildman–Crippen MR) is 78.4 cm³/mol. The molecule has 17 heavy (non-hydrogen) atoms. The summed E-state index contributed by atoms with van der Waals surface area (Å²) in [6, 6.07) is 8.61. The van der Waals surface area contributed by atoms with Gasteiger partial charge in [0.1, 0.15) is 0 Å². The zero-order valence-corrected chi connectivity index (χ0v) is 11.9. The van der Waals surface area contributed by atoms with Gasteiger partial charge in [0.25, 0.3) is 0 Å². The number of benzene rings is 1. The van der Waals surface area contributed by atoms with Gasteiger partial charge in [0.15, 0.2) is 0 Å². The van der Waals surface area contributed by atoms with E-state index in [2.05, 4.69) is 48.8 Å². The van der Waals surface area contributed by atoms with Crippen LogP contribution >= 0.6 is 22.9 Å². The molecule has 0 aliphatic rings. The third-order valence-corrected chi connectivity index (χ3v) is 4.20. The number of fused-ring (bicyclic) bond motifs is 1. The Kier molecular flexibility index (Phi) is 4.08. The van der Waals surface area contributed by atoms with Crippen LogP contribution in [0.5, 0.6) is 0 Å². The Morgan fingerprint density at radius 3 is 2.82 bits per heavy atom. The molecule has 0 saturated heterocycles. The first-order chi connectivity index (χ1) is 8.15. The van der Waals surface area contributed by atoms with Crippen molar-refractivity contribution in [3.63, 3.8) is 0 Å². The second-order valence-corrected chi connectivity index (χ2v) is 6.18. The summed E-state index contributed by atoms with van der Waals surface area (Å²) < 4.78 is 1.37. The standard InChI is InChI=1S/C14H18ClNS/c1-14(2,10-16-8-7-15)12-9-17-13-6-4-3-5-11(12)13/h3-6,9,16H,7-8,10H2,1-2H3. The molecule has 0 saturated carbocycles. The minimum atomic E-state index is 0.145. The summed E-state index contributed by atoms with van der Waals surface area (Å²) in [5, 5.41) is 7.07. The number of halogens is 1. The third kappa shape index (κ3) is 2.82. The molecule has 1 N–H and O–H groups in total. The van der Waals surface area contributed by atoms with Crippen LogP contribution in [-0.4, -0.2) is 19.0 Å². The molecule has 0 unspecified atom stereocenters. The predicted octanol–water partition coefficient (Wildman–Crippen LogP) is 4.01. The molecule has 1 aromatic carbocycles. The van der Waals surface area contributed by atoms with E-state index in [0.717, 1.165) is 13.1 Å². The van der Waals surface area contributed by atoms with Crippen molar-refractivity contribution >= 4 is 33.0 Å². The molecule has 3 heteroatoms. The lowest BCUT2D eigenvalue weighted by atomic mass is 9.84. The van der Waals surface area contributed by atoms with Gasteiger partial charge in [-0.2, -0.15) is 0 Å². The van der Waals surface area contributed by atoms with E-state index in [-0.39, 0.29) is 5.41 Å². The van der Waals surface area contributed by atoms with Crippen LogP contribution < -0.4 is 5.32 Å². The van der Waals surface area contributed by atoms with E-state index in [0.29, 0.717) is 5.88 Å². The van der Waals surface area contributed by atoms with Crippen LogP contribution in [0.25, 0.3) is 10.1 Å². The molecule has 0 aliphatic heterocycles. The van der Waals surface area contributed by atoms with Gasteiger partial charge in [-0.15, -0.1) is 22.9 Å². The van der Waals surface area contributed by atoms with Gasteiger partial charge in [-0.25, -0.2) is 0 Å². The van der Waals surface area contributed by atoms with Crippen LogP contribution in [0.2, 0.25) is 0 Å². The molecule has 0 fully saturated rings. The molecule has 2 rings (SSSR count). The van der Waals surface area contributed by atoms with Gasteiger partial charge in [-0.3, -0.25) is 0 Å². The first kappa shape index (κ1) is 12.9. The summed E-state index contributed by atoms with van der Waals surface area (Å²) in [5.41, 5.74) is 1.58. The van der Waals surface area contributed by atoms with Gasteiger partial charge in [0.05, 0.1) is 0 Å². The number of hydrogen-bond acceptors (Lipinski definition) is 2. The Morgan fingerprint density at radius 1 is 1.29 bits per heavy atom. The zero-order valence-electron chi connectivity index (χ0n) is 10.3. The number of thiophene rings is 1. The van der Waals surface area contributed by atoms with Crippen molar-refractivity contribution in [2.45, 2.75) is 19.3 Å². The summed E-state index contributed by atoms with van der Waals surface area (Å²) in [6.07, 6.45) is 0. The molecule has 0 radical (unpaired) electrons. The van der Waals surface area contributed by atoms with Gasteiger partial charge in [0, 0.05) is 29.1 Å². The van der Waals surface area contributed by atoms with E-state index in [1.807, 2.05) is 11.3 Å². The molecular formula is C14H18ClNS. The molecule has 1 aromatic heterocycles. The second kappa shape index (κ2) is 5.38. The minimum Gasteiger partial charge on any atom is -0.315 e. The minimum absolute atomic E-state index is 0.145. The van der Waals surface area contributed by atoms with E-state index >= 15 is 0 Å². The maximum atomic E-state index is 5.69. The monoisotopic (exact) mass is 267 g/mol. The largest absolute Gasteiger partial charge is 0.315 e. The molecule has 92 valence electrons. The number of alkyl halides is 1. The highest BCUT2D eigenvalue weighted by atomic mass is 35.5. The average molecular weight is 268 g/mol. The van der Waals surface area contributed by atoms with E-state index in [1.165, 1.54) is 15.6 Å². The Labute approximate surface area is 112 Å². The van der Waals surface area contributed by atoms with Crippen LogP contribution in [0.3, 0.4) is 0 Å². The highest BCUT2D eigenvalue weighted by Crippen LogP contribution is 2.34. The van der Waals surface area contributed by atoms with E-state index in [9.17, 15) is 0 Å². The molecule has 2 aromatic rings. The Bertz CT molecular complexity index is 490. The van der Waals surface area contributed by atoms with E-state index < -0.39 is 0 Å². The summed E-state index contributed by atoms with van der Waals surface area (Å²) >= 11 is 7.52. The van der Waals surface area contributed by atoms with E-state index in [4.69, 9.17) is 11.6 Å². The van der Waals surface area contributed by atoms with Crippen molar-refractivity contribution in [1.82, 2.24) is 5.32 Å². The van der Waals surface area contributed by atoms with Gasteiger partial charge in [0.2, 0.25) is 0 Å². The fraction of sp³-hybridized carbons (Fsp3) is 0.429. The Hall–Kier alpha value is -0.570. The zero-order chi connectivity index (χ0) is 12.3. The lowest BCUT2D eigenvalue weighted by molar-refractivity contribution is 0.483. The molecule has 0 amide bonds. The molecule has 0 atom stereocenters. The normalized spacial score (nSPS) is 12.2. The van der Waals surface area contributed by atoms with Crippen LogP contribution in [0, 0.1) is 0 Å². The van der Waals surface area contributed by atoms with E-state index in [1.54, 1.807) is 0 Å². The first-order valence-corrected chi connectivity index (χ1v) is 7.30. The van der Waals surface area contributed by atoms with Crippen molar-refractivity contribution in [2.75, 3.05) is 19.0 Å².